The Hall–Kier alpha value is -4.40. The Morgan fingerprint density at radius 1 is 0.436 bits per heavy atom. The first-order chi connectivity index (χ1) is 19.2. The molecule has 0 bridgehead atoms. The standard InChI is InChI=1S/C37H24BrN/c1-23-10-18-36-34(20-23)35-21-25(24-11-14-26(38)15-12-24)13-19-37(35)39(36)27-16-17-32-30-8-3-2-6-28(30)29-7-4-5-9-31(29)33(32)22-27/h2-22H,1H3. The van der Waals surface area contributed by atoms with E-state index in [2.05, 4.69) is 155 Å². The lowest BCUT2D eigenvalue weighted by Crippen LogP contribution is -1.94. The lowest BCUT2D eigenvalue weighted by molar-refractivity contribution is 1.19. The highest BCUT2D eigenvalue weighted by molar-refractivity contribution is 9.10. The van der Waals surface area contributed by atoms with Crippen molar-refractivity contribution in [2.45, 2.75) is 6.92 Å². The van der Waals surface area contributed by atoms with Crippen LogP contribution in [0.25, 0.3) is 70.9 Å². The predicted octanol–water partition coefficient (Wildman–Crippen LogP) is 11.0. The largest absolute Gasteiger partial charge is 0.309 e. The van der Waals surface area contributed by atoms with Gasteiger partial charge in [0.05, 0.1) is 11.0 Å². The molecular formula is C37H24BrN. The highest BCUT2D eigenvalue weighted by atomic mass is 79.9. The molecule has 0 aliphatic rings. The van der Waals surface area contributed by atoms with Gasteiger partial charge in [-0.3, -0.25) is 0 Å². The average molecular weight is 563 g/mol. The van der Waals surface area contributed by atoms with Gasteiger partial charge in [0.2, 0.25) is 0 Å². The van der Waals surface area contributed by atoms with E-state index in [0.717, 1.165) is 4.47 Å². The van der Waals surface area contributed by atoms with Crippen molar-refractivity contribution in [1.29, 1.82) is 0 Å². The van der Waals surface area contributed by atoms with E-state index >= 15 is 0 Å². The van der Waals surface area contributed by atoms with Gasteiger partial charge >= 0.3 is 0 Å². The molecule has 1 nitrogen and oxygen atoms in total. The molecule has 0 aliphatic heterocycles. The quantitative estimate of drug-likeness (QED) is 0.185. The van der Waals surface area contributed by atoms with Crippen molar-refractivity contribution in [2.75, 3.05) is 0 Å². The zero-order valence-corrected chi connectivity index (χ0v) is 23.0. The summed E-state index contributed by atoms with van der Waals surface area (Å²) in [5.74, 6) is 0. The van der Waals surface area contributed by atoms with Crippen LogP contribution >= 0.6 is 15.9 Å². The van der Waals surface area contributed by atoms with Crippen molar-refractivity contribution in [1.82, 2.24) is 4.57 Å². The smallest absolute Gasteiger partial charge is 0.0541 e. The number of fused-ring (bicyclic) bond motifs is 9. The van der Waals surface area contributed by atoms with E-state index in [1.54, 1.807) is 0 Å². The molecule has 0 aliphatic carbocycles. The Balaban J connectivity index is 1.44. The molecule has 2 heteroatoms. The van der Waals surface area contributed by atoms with Crippen molar-refractivity contribution in [3.63, 3.8) is 0 Å². The lowest BCUT2D eigenvalue weighted by atomic mass is 9.94. The highest BCUT2D eigenvalue weighted by Gasteiger charge is 2.15. The molecule has 8 aromatic rings. The molecule has 39 heavy (non-hydrogen) atoms. The van der Waals surface area contributed by atoms with Gasteiger partial charge in [0, 0.05) is 20.9 Å². The van der Waals surface area contributed by atoms with Crippen LogP contribution in [0.5, 0.6) is 0 Å². The molecule has 0 amide bonds. The topological polar surface area (TPSA) is 4.93 Å². The van der Waals surface area contributed by atoms with Gasteiger partial charge in [0.15, 0.2) is 0 Å². The third-order valence-electron chi connectivity index (χ3n) is 8.08. The van der Waals surface area contributed by atoms with Crippen LogP contribution in [0.3, 0.4) is 0 Å². The van der Waals surface area contributed by atoms with Gasteiger partial charge in [-0.05, 0) is 98.9 Å². The maximum atomic E-state index is 3.57. The van der Waals surface area contributed by atoms with Crippen LogP contribution in [0.4, 0.5) is 0 Å². The van der Waals surface area contributed by atoms with E-state index in [1.807, 2.05) is 0 Å². The molecule has 0 saturated carbocycles. The summed E-state index contributed by atoms with van der Waals surface area (Å²) in [6.45, 7) is 2.18. The number of hydrogen-bond donors (Lipinski definition) is 0. The molecule has 0 saturated heterocycles. The first-order valence-corrected chi connectivity index (χ1v) is 14.1. The second kappa shape index (κ2) is 8.56. The minimum Gasteiger partial charge on any atom is -0.309 e. The van der Waals surface area contributed by atoms with E-state index in [-0.39, 0.29) is 0 Å². The van der Waals surface area contributed by atoms with Gasteiger partial charge in [0.1, 0.15) is 0 Å². The van der Waals surface area contributed by atoms with Crippen LogP contribution < -0.4 is 0 Å². The SMILES string of the molecule is Cc1ccc2c(c1)c1cc(-c3ccc(Br)cc3)ccc1n2-c1ccc2c3ccccc3c3ccccc3c2c1. The number of benzene rings is 7. The third-order valence-corrected chi connectivity index (χ3v) is 8.61. The van der Waals surface area contributed by atoms with Gasteiger partial charge in [-0.25, -0.2) is 0 Å². The van der Waals surface area contributed by atoms with E-state index in [1.165, 1.54) is 76.5 Å². The fraction of sp³-hybridized carbons (Fsp3) is 0.0270. The molecule has 0 radical (unpaired) electrons. The first-order valence-electron chi connectivity index (χ1n) is 13.3. The van der Waals surface area contributed by atoms with Crippen LogP contribution in [0.1, 0.15) is 5.56 Å². The number of aryl methyl sites for hydroxylation is 1. The Labute approximate surface area is 235 Å². The minimum absolute atomic E-state index is 1.09. The van der Waals surface area contributed by atoms with Crippen LogP contribution in [-0.4, -0.2) is 4.57 Å². The third kappa shape index (κ3) is 3.45. The number of aromatic nitrogens is 1. The molecule has 0 N–H and O–H groups in total. The lowest BCUT2D eigenvalue weighted by Gasteiger charge is -2.14. The van der Waals surface area contributed by atoms with Crippen molar-refractivity contribution in [3.05, 3.63) is 137 Å². The molecule has 8 rings (SSSR count). The molecule has 1 aromatic heterocycles. The predicted molar refractivity (Wildman–Crippen MR) is 171 cm³/mol. The van der Waals surface area contributed by atoms with Gasteiger partial charge in [-0.15, -0.1) is 0 Å². The number of nitrogens with zero attached hydrogens (tertiary/aromatic N) is 1. The van der Waals surface area contributed by atoms with Gasteiger partial charge in [-0.2, -0.15) is 0 Å². The fourth-order valence-electron chi connectivity index (χ4n) is 6.27. The van der Waals surface area contributed by atoms with Crippen LogP contribution in [-0.2, 0) is 0 Å². The van der Waals surface area contributed by atoms with Crippen molar-refractivity contribution < 1.29 is 0 Å². The number of halogens is 1. The van der Waals surface area contributed by atoms with Crippen molar-refractivity contribution in [2.24, 2.45) is 0 Å². The van der Waals surface area contributed by atoms with E-state index in [0.29, 0.717) is 0 Å². The summed E-state index contributed by atoms with van der Waals surface area (Å²) in [5, 5.41) is 10.3. The summed E-state index contributed by atoms with van der Waals surface area (Å²) in [7, 11) is 0. The Morgan fingerprint density at radius 2 is 0.974 bits per heavy atom. The Morgan fingerprint density at radius 3 is 1.64 bits per heavy atom. The molecule has 0 fully saturated rings. The van der Waals surface area contributed by atoms with Crippen molar-refractivity contribution >= 4 is 70.1 Å². The highest BCUT2D eigenvalue weighted by Crippen LogP contribution is 2.39. The molecule has 184 valence electrons. The van der Waals surface area contributed by atoms with Gasteiger partial charge < -0.3 is 4.57 Å². The second-order valence-electron chi connectivity index (χ2n) is 10.4. The van der Waals surface area contributed by atoms with Crippen LogP contribution in [0, 0.1) is 6.92 Å². The van der Waals surface area contributed by atoms with Gasteiger partial charge in [0.25, 0.3) is 0 Å². The zero-order valence-electron chi connectivity index (χ0n) is 21.4. The Bertz CT molecular complexity index is 2200. The summed E-state index contributed by atoms with van der Waals surface area (Å²) in [4.78, 5) is 0. The monoisotopic (exact) mass is 561 g/mol. The van der Waals surface area contributed by atoms with Crippen LogP contribution in [0.2, 0.25) is 0 Å². The molecular weight excluding hydrogens is 538 g/mol. The minimum atomic E-state index is 1.09. The first kappa shape index (κ1) is 22.6. The van der Waals surface area contributed by atoms with Crippen LogP contribution in [0.15, 0.2) is 132 Å². The molecule has 0 unspecified atom stereocenters. The maximum Gasteiger partial charge on any atom is 0.0541 e. The second-order valence-corrected chi connectivity index (χ2v) is 11.3. The summed E-state index contributed by atoms with van der Waals surface area (Å²) in [6, 6.07) is 46.8. The molecule has 0 atom stereocenters. The summed E-state index contributed by atoms with van der Waals surface area (Å²) >= 11 is 3.57. The average Bonchev–Trinajstić information content (AvgIpc) is 3.30. The number of rotatable bonds is 2. The normalized spacial score (nSPS) is 11.8. The molecule has 0 spiro atoms. The summed E-state index contributed by atoms with van der Waals surface area (Å²) < 4.78 is 3.52. The van der Waals surface area contributed by atoms with Crippen molar-refractivity contribution in [3.8, 4) is 16.8 Å². The fourth-order valence-corrected chi connectivity index (χ4v) is 6.54. The molecule has 1 heterocycles. The van der Waals surface area contributed by atoms with E-state index < -0.39 is 0 Å². The van der Waals surface area contributed by atoms with Gasteiger partial charge in [-0.1, -0.05) is 100 Å². The molecule has 7 aromatic carbocycles. The van der Waals surface area contributed by atoms with E-state index in [4.69, 9.17) is 0 Å². The van der Waals surface area contributed by atoms with E-state index in [9.17, 15) is 0 Å². The maximum absolute atomic E-state index is 3.57. The Kier molecular flexibility index (Phi) is 4.95. The zero-order chi connectivity index (χ0) is 26.1. The number of hydrogen-bond acceptors (Lipinski definition) is 0. The summed E-state index contributed by atoms with van der Waals surface area (Å²) in [5.41, 5.74) is 7.35. The summed E-state index contributed by atoms with van der Waals surface area (Å²) in [6.07, 6.45) is 0.